The molecule has 20 heavy (non-hydrogen) atoms. The number of benzene rings is 1. The van der Waals surface area contributed by atoms with Gasteiger partial charge in [0.15, 0.2) is 0 Å². The lowest BCUT2D eigenvalue weighted by Crippen LogP contribution is -2.09. The summed E-state index contributed by atoms with van der Waals surface area (Å²) < 4.78 is 0. The molecule has 4 heteroatoms. The molecule has 0 fully saturated rings. The number of anilines is 1. The summed E-state index contributed by atoms with van der Waals surface area (Å²) in [6.07, 6.45) is 7.73. The predicted octanol–water partition coefficient (Wildman–Crippen LogP) is 3.15. The summed E-state index contributed by atoms with van der Waals surface area (Å²) in [4.78, 5) is 15.7. The second-order valence-corrected chi connectivity index (χ2v) is 4.47. The molecule has 0 amide bonds. The van der Waals surface area contributed by atoms with Crippen molar-refractivity contribution in [3.05, 3.63) is 35.9 Å². The van der Waals surface area contributed by atoms with Crippen LogP contribution in [0.15, 0.2) is 30.3 Å². The molecule has 0 spiro atoms. The highest BCUT2D eigenvalue weighted by atomic mass is 16.4. The summed E-state index contributed by atoms with van der Waals surface area (Å²) in [6, 6.07) is 9.11. The third-order valence-corrected chi connectivity index (χ3v) is 2.99. The van der Waals surface area contributed by atoms with Crippen LogP contribution in [0.25, 0.3) is 10.9 Å². The number of para-hydroxylation sites is 1. The van der Waals surface area contributed by atoms with Crippen LogP contribution >= 0.6 is 0 Å². The lowest BCUT2D eigenvalue weighted by molar-refractivity contribution is 0.0698. The highest BCUT2D eigenvalue weighted by Gasteiger charge is 2.12. The van der Waals surface area contributed by atoms with E-state index in [9.17, 15) is 9.90 Å². The number of carbonyl (C=O) groups is 1. The number of carboxylic acids is 1. The van der Waals surface area contributed by atoms with Crippen molar-refractivity contribution in [2.24, 2.45) is 0 Å². The minimum absolute atomic E-state index is 0.195. The first kappa shape index (κ1) is 13.9. The van der Waals surface area contributed by atoms with Gasteiger partial charge in [0.1, 0.15) is 11.4 Å². The van der Waals surface area contributed by atoms with E-state index in [4.69, 9.17) is 6.42 Å². The van der Waals surface area contributed by atoms with E-state index in [0.29, 0.717) is 12.4 Å². The molecule has 1 heterocycles. The molecule has 0 radical (unpaired) electrons. The SMILES string of the molecule is C#CCCCCNc1nc2ccccc2cc1C(=O)O. The number of nitrogens with zero attached hydrogens (tertiary/aromatic N) is 1. The van der Waals surface area contributed by atoms with Gasteiger partial charge in [0.05, 0.1) is 5.52 Å². The van der Waals surface area contributed by atoms with E-state index in [-0.39, 0.29) is 5.56 Å². The molecule has 102 valence electrons. The van der Waals surface area contributed by atoms with Crippen molar-refractivity contribution in [2.75, 3.05) is 11.9 Å². The van der Waals surface area contributed by atoms with Gasteiger partial charge in [0, 0.05) is 18.4 Å². The fraction of sp³-hybridized carbons (Fsp3) is 0.250. The van der Waals surface area contributed by atoms with Gasteiger partial charge in [0.25, 0.3) is 0 Å². The zero-order valence-corrected chi connectivity index (χ0v) is 11.1. The number of terminal acetylenes is 1. The average molecular weight is 268 g/mol. The second-order valence-electron chi connectivity index (χ2n) is 4.47. The summed E-state index contributed by atoms with van der Waals surface area (Å²) in [5, 5.41) is 13.2. The van der Waals surface area contributed by atoms with Gasteiger partial charge < -0.3 is 10.4 Å². The van der Waals surface area contributed by atoms with Gasteiger partial charge in [-0.3, -0.25) is 0 Å². The number of hydrogen-bond acceptors (Lipinski definition) is 3. The van der Waals surface area contributed by atoms with Gasteiger partial charge in [-0.05, 0) is 25.0 Å². The van der Waals surface area contributed by atoms with Gasteiger partial charge in [-0.25, -0.2) is 9.78 Å². The first-order chi connectivity index (χ1) is 9.72. The molecule has 0 saturated heterocycles. The maximum Gasteiger partial charge on any atom is 0.339 e. The predicted molar refractivity (Wildman–Crippen MR) is 79.9 cm³/mol. The van der Waals surface area contributed by atoms with Crippen LogP contribution in [-0.2, 0) is 0 Å². The van der Waals surface area contributed by atoms with Gasteiger partial charge in [-0.2, -0.15) is 0 Å². The topological polar surface area (TPSA) is 62.2 Å². The summed E-state index contributed by atoms with van der Waals surface area (Å²) in [5.74, 6) is 2.02. The number of aromatic nitrogens is 1. The van der Waals surface area contributed by atoms with Crippen LogP contribution in [0.4, 0.5) is 5.82 Å². The molecular formula is C16H16N2O2. The Bertz CT molecular complexity index is 659. The van der Waals surface area contributed by atoms with E-state index in [2.05, 4.69) is 16.2 Å². The van der Waals surface area contributed by atoms with E-state index in [1.54, 1.807) is 6.07 Å². The molecule has 0 saturated carbocycles. The molecule has 0 atom stereocenters. The monoisotopic (exact) mass is 268 g/mol. The van der Waals surface area contributed by atoms with E-state index < -0.39 is 5.97 Å². The third-order valence-electron chi connectivity index (χ3n) is 2.99. The molecule has 2 N–H and O–H groups in total. The molecule has 4 nitrogen and oxygen atoms in total. The fourth-order valence-electron chi connectivity index (χ4n) is 1.97. The number of hydrogen-bond donors (Lipinski definition) is 2. The van der Waals surface area contributed by atoms with E-state index in [0.717, 1.165) is 30.2 Å². The van der Waals surface area contributed by atoms with Crippen LogP contribution in [0, 0.1) is 12.3 Å². The number of aromatic carboxylic acids is 1. The Kier molecular flexibility index (Phi) is 4.56. The van der Waals surface area contributed by atoms with Crippen molar-refractivity contribution < 1.29 is 9.90 Å². The molecule has 0 aliphatic carbocycles. The Labute approximate surface area is 117 Å². The molecule has 0 bridgehead atoms. The molecule has 2 aromatic rings. The maximum atomic E-state index is 11.3. The van der Waals surface area contributed by atoms with Crippen molar-refractivity contribution in [2.45, 2.75) is 19.3 Å². The summed E-state index contributed by atoms with van der Waals surface area (Å²) in [7, 11) is 0. The number of fused-ring (bicyclic) bond motifs is 1. The number of nitrogens with one attached hydrogen (secondary N) is 1. The van der Waals surface area contributed by atoms with Crippen LogP contribution in [0.2, 0.25) is 0 Å². The van der Waals surface area contributed by atoms with Gasteiger partial charge in [-0.15, -0.1) is 12.3 Å². The number of pyridine rings is 1. The molecule has 0 aliphatic heterocycles. The van der Waals surface area contributed by atoms with Crippen LogP contribution in [0.5, 0.6) is 0 Å². The lowest BCUT2D eigenvalue weighted by Gasteiger charge is -2.09. The molecule has 1 aromatic heterocycles. The van der Waals surface area contributed by atoms with Crippen molar-refractivity contribution in [3.8, 4) is 12.3 Å². The van der Waals surface area contributed by atoms with E-state index >= 15 is 0 Å². The highest BCUT2D eigenvalue weighted by molar-refractivity contribution is 5.98. The first-order valence-corrected chi connectivity index (χ1v) is 6.53. The smallest absolute Gasteiger partial charge is 0.339 e. The second kappa shape index (κ2) is 6.58. The zero-order valence-electron chi connectivity index (χ0n) is 11.1. The number of unbranched alkanes of at least 4 members (excludes halogenated alkanes) is 2. The van der Waals surface area contributed by atoms with Crippen LogP contribution in [-0.4, -0.2) is 22.6 Å². The quantitative estimate of drug-likeness (QED) is 0.624. The minimum Gasteiger partial charge on any atom is -0.478 e. The van der Waals surface area contributed by atoms with Crippen LogP contribution in [0.3, 0.4) is 0 Å². The molecule has 0 unspecified atom stereocenters. The summed E-state index contributed by atoms with van der Waals surface area (Å²) in [6.45, 7) is 0.660. The van der Waals surface area contributed by atoms with Crippen LogP contribution in [0.1, 0.15) is 29.6 Å². The van der Waals surface area contributed by atoms with Crippen molar-refractivity contribution >= 4 is 22.7 Å². The highest BCUT2D eigenvalue weighted by Crippen LogP contribution is 2.20. The Hall–Kier alpha value is -2.54. The normalized spacial score (nSPS) is 10.2. The summed E-state index contributed by atoms with van der Waals surface area (Å²) >= 11 is 0. The molecule has 2 rings (SSSR count). The Morgan fingerprint density at radius 2 is 2.15 bits per heavy atom. The van der Waals surface area contributed by atoms with E-state index in [1.165, 1.54) is 0 Å². The molecule has 0 aliphatic rings. The minimum atomic E-state index is -0.977. The molecule has 1 aromatic carbocycles. The largest absolute Gasteiger partial charge is 0.478 e. The zero-order chi connectivity index (χ0) is 14.4. The third kappa shape index (κ3) is 3.27. The summed E-state index contributed by atoms with van der Waals surface area (Å²) in [5.41, 5.74) is 0.976. The van der Waals surface area contributed by atoms with Gasteiger partial charge in [0.2, 0.25) is 0 Å². The number of rotatable bonds is 6. The standard InChI is InChI=1S/C16H16N2O2/c1-2-3-4-7-10-17-15-13(16(19)20)11-12-8-5-6-9-14(12)18-15/h1,5-6,8-9,11H,3-4,7,10H2,(H,17,18)(H,19,20). The lowest BCUT2D eigenvalue weighted by atomic mass is 10.1. The number of carboxylic acid groups (broad SMARTS) is 1. The van der Waals surface area contributed by atoms with Crippen molar-refractivity contribution in [3.63, 3.8) is 0 Å². The maximum absolute atomic E-state index is 11.3. The van der Waals surface area contributed by atoms with E-state index in [1.807, 2.05) is 24.3 Å². The van der Waals surface area contributed by atoms with Crippen LogP contribution < -0.4 is 5.32 Å². The Balaban J connectivity index is 2.19. The van der Waals surface area contributed by atoms with Gasteiger partial charge in [-0.1, -0.05) is 18.2 Å². The van der Waals surface area contributed by atoms with Crippen molar-refractivity contribution in [1.29, 1.82) is 0 Å². The van der Waals surface area contributed by atoms with Gasteiger partial charge >= 0.3 is 5.97 Å². The average Bonchev–Trinajstić information content (AvgIpc) is 2.46. The Morgan fingerprint density at radius 3 is 2.90 bits per heavy atom. The fourth-order valence-corrected chi connectivity index (χ4v) is 1.97. The van der Waals surface area contributed by atoms with Crippen molar-refractivity contribution in [1.82, 2.24) is 4.98 Å². The first-order valence-electron chi connectivity index (χ1n) is 6.53. The Morgan fingerprint density at radius 1 is 1.35 bits per heavy atom. The molecular weight excluding hydrogens is 252 g/mol.